The minimum absolute atomic E-state index is 0.619. The van der Waals surface area contributed by atoms with Crippen molar-refractivity contribution in [1.29, 1.82) is 0 Å². The molecule has 0 fully saturated rings. The van der Waals surface area contributed by atoms with Gasteiger partial charge in [-0.25, -0.2) is 4.98 Å². The van der Waals surface area contributed by atoms with Gasteiger partial charge in [-0.05, 0) is 42.3 Å². The van der Waals surface area contributed by atoms with Gasteiger partial charge < -0.3 is 19.5 Å². The maximum absolute atomic E-state index is 5.92. The molecule has 29 heavy (non-hydrogen) atoms. The van der Waals surface area contributed by atoms with E-state index in [2.05, 4.69) is 28.5 Å². The summed E-state index contributed by atoms with van der Waals surface area (Å²) >= 11 is 0. The summed E-state index contributed by atoms with van der Waals surface area (Å²) in [4.78, 5) is 4.14. The van der Waals surface area contributed by atoms with Crippen LogP contribution in [0.4, 0.5) is 0 Å². The van der Waals surface area contributed by atoms with Crippen LogP contribution >= 0.6 is 0 Å². The summed E-state index contributed by atoms with van der Waals surface area (Å²) in [6.07, 6.45) is 3.51. The highest BCUT2D eigenvalue weighted by Gasteiger charge is 2.06. The van der Waals surface area contributed by atoms with Crippen LogP contribution in [0.25, 0.3) is 0 Å². The fourth-order valence-electron chi connectivity index (χ4n) is 2.90. The van der Waals surface area contributed by atoms with Gasteiger partial charge in [-0.2, -0.15) is 0 Å². The van der Waals surface area contributed by atoms with Crippen molar-refractivity contribution in [2.45, 2.75) is 19.4 Å². The van der Waals surface area contributed by atoms with Gasteiger partial charge in [0, 0.05) is 25.2 Å². The molecule has 0 aliphatic rings. The number of methoxy groups -OCH3 is 1. The molecule has 0 radical (unpaired) electrons. The Morgan fingerprint density at radius 2 is 1.69 bits per heavy atom. The number of rotatable bonds is 12. The van der Waals surface area contributed by atoms with Crippen LogP contribution in [0, 0.1) is 0 Å². The summed E-state index contributed by atoms with van der Waals surface area (Å²) in [7, 11) is 1.67. The molecule has 0 spiro atoms. The highest BCUT2D eigenvalue weighted by Crippen LogP contribution is 2.28. The molecule has 0 aliphatic heterocycles. The Balaban J connectivity index is 1.37. The van der Waals surface area contributed by atoms with Crippen molar-refractivity contribution >= 4 is 0 Å². The molecule has 1 aromatic heterocycles. The molecule has 0 saturated heterocycles. The van der Waals surface area contributed by atoms with E-state index >= 15 is 0 Å². The molecule has 0 amide bonds. The van der Waals surface area contributed by atoms with Crippen molar-refractivity contribution in [3.8, 4) is 17.4 Å². The van der Waals surface area contributed by atoms with Crippen LogP contribution in [0.3, 0.4) is 0 Å². The first-order valence-corrected chi connectivity index (χ1v) is 9.93. The normalized spacial score (nSPS) is 10.5. The Kier molecular flexibility index (Phi) is 8.35. The van der Waals surface area contributed by atoms with Crippen molar-refractivity contribution in [3.63, 3.8) is 0 Å². The number of nitrogens with one attached hydrogen (secondary N) is 1. The molecule has 0 bridgehead atoms. The van der Waals surface area contributed by atoms with Gasteiger partial charge in [0.15, 0.2) is 11.5 Å². The average Bonchev–Trinajstić information content (AvgIpc) is 2.78. The van der Waals surface area contributed by atoms with Gasteiger partial charge in [0.25, 0.3) is 0 Å². The lowest BCUT2D eigenvalue weighted by molar-refractivity contribution is 0.296. The van der Waals surface area contributed by atoms with Gasteiger partial charge in [0.2, 0.25) is 5.88 Å². The molecule has 0 atom stereocenters. The quantitative estimate of drug-likeness (QED) is 0.467. The van der Waals surface area contributed by atoms with Crippen LogP contribution < -0.4 is 19.5 Å². The Morgan fingerprint density at radius 1 is 0.828 bits per heavy atom. The Bertz CT molecular complexity index is 841. The van der Waals surface area contributed by atoms with Gasteiger partial charge >= 0.3 is 0 Å². The number of nitrogens with zero attached hydrogens (tertiary/aromatic N) is 1. The molecule has 1 heterocycles. The number of aromatic nitrogens is 1. The molecule has 0 saturated carbocycles. The van der Waals surface area contributed by atoms with E-state index in [4.69, 9.17) is 14.2 Å². The monoisotopic (exact) mass is 392 g/mol. The minimum atomic E-state index is 0.619. The maximum Gasteiger partial charge on any atom is 0.213 e. The topological polar surface area (TPSA) is 52.6 Å². The minimum Gasteiger partial charge on any atom is -0.493 e. The number of pyridine rings is 1. The molecule has 1 N–H and O–H groups in total. The zero-order valence-corrected chi connectivity index (χ0v) is 16.8. The second-order valence-electron chi connectivity index (χ2n) is 6.62. The number of ether oxygens (including phenoxy) is 3. The van der Waals surface area contributed by atoms with Crippen LogP contribution in [0.2, 0.25) is 0 Å². The third kappa shape index (κ3) is 7.12. The highest BCUT2D eigenvalue weighted by atomic mass is 16.5. The first-order chi connectivity index (χ1) is 14.3. The smallest absolute Gasteiger partial charge is 0.213 e. The Labute approximate surface area is 172 Å². The van der Waals surface area contributed by atoms with Crippen LogP contribution in [-0.4, -0.2) is 31.9 Å². The maximum atomic E-state index is 5.92. The van der Waals surface area contributed by atoms with E-state index in [1.807, 2.05) is 48.5 Å². The van der Waals surface area contributed by atoms with Crippen LogP contribution in [-0.2, 0) is 13.0 Å². The van der Waals surface area contributed by atoms with Crippen molar-refractivity contribution in [1.82, 2.24) is 10.3 Å². The van der Waals surface area contributed by atoms with E-state index in [0.717, 1.165) is 43.0 Å². The fraction of sp³-hybridized carbons (Fsp3) is 0.292. The largest absolute Gasteiger partial charge is 0.493 e. The molecule has 0 aliphatic carbocycles. The summed E-state index contributed by atoms with van der Waals surface area (Å²) < 4.78 is 17.0. The average molecular weight is 392 g/mol. The zero-order valence-electron chi connectivity index (χ0n) is 16.8. The van der Waals surface area contributed by atoms with Gasteiger partial charge in [-0.15, -0.1) is 0 Å². The summed E-state index contributed by atoms with van der Waals surface area (Å²) in [6, 6.07) is 22.1. The molecule has 5 nitrogen and oxygen atoms in total. The highest BCUT2D eigenvalue weighted by molar-refractivity contribution is 5.43. The van der Waals surface area contributed by atoms with E-state index in [-0.39, 0.29) is 0 Å². The molecule has 152 valence electrons. The second kappa shape index (κ2) is 11.7. The van der Waals surface area contributed by atoms with Crippen molar-refractivity contribution in [2.24, 2.45) is 0 Å². The second-order valence-corrected chi connectivity index (χ2v) is 6.62. The Hall–Kier alpha value is -3.05. The lowest BCUT2D eigenvalue weighted by atomic mass is 10.1. The lowest BCUT2D eigenvalue weighted by Crippen LogP contribution is -2.17. The Morgan fingerprint density at radius 3 is 2.48 bits per heavy atom. The van der Waals surface area contributed by atoms with E-state index in [1.54, 1.807) is 13.3 Å². The van der Waals surface area contributed by atoms with Gasteiger partial charge in [-0.1, -0.05) is 42.5 Å². The first-order valence-electron chi connectivity index (χ1n) is 9.93. The van der Waals surface area contributed by atoms with Crippen molar-refractivity contribution < 1.29 is 14.2 Å². The predicted octanol–water partition coefficient (Wildman–Crippen LogP) is 4.27. The molecule has 3 aromatic rings. The lowest BCUT2D eigenvalue weighted by Gasteiger charge is -2.13. The summed E-state index contributed by atoms with van der Waals surface area (Å²) in [6.45, 7) is 2.89. The van der Waals surface area contributed by atoms with E-state index in [0.29, 0.717) is 19.1 Å². The van der Waals surface area contributed by atoms with Gasteiger partial charge in [0.05, 0.1) is 20.3 Å². The standard InChI is InChI=1S/C24H28N2O3/c1-27-23-18-21(19-25-14-7-16-29-24-10-5-6-15-26-24)11-12-22(23)28-17-13-20-8-3-2-4-9-20/h2-6,8-12,15,18,25H,7,13-14,16-17,19H2,1H3. The van der Waals surface area contributed by atoms with E-state index in [1.165, 1.54) is 5.56 Å². The molecule has 5 heteroatoms. The predicted molar refractivity (Wildman–Crippen MR) is 115 cm³/mol. The summed E-state index contributed by atoms with van der Waals surface area (Å²) in [5, 5.41) is 3.43. The summed E-state index contributed by atoms with van der Waals surface area (Å²) in [5.41, 5.74) is 2.42. The third-order valence-corrected chi connectivity index (χ3v) is 4.43. The molecular weight excluding hydrogens is 364 g/mol. The third-order valence-electron chi connectivity index (χ3n) is 4.43. The number of benzene rings is 2. The van der Waals surface area contributed by atoms with E-state index < -0.39 is 0 Å². The van der Waals surface area contributed by atoms with Crippen molar-refractivity contribution in [3.05, 3.63) is 84.1 Å². The zero-order chi connectivity index (χ0) is 20.2. The van der Waals surface area contributed by atoms with Crippen molar-refractivity contribution in [2.75, 3.05) is 26.9 Å². The van der Waals surface area contributed by atoms with Crippen LogP contribution in [0.1, 0.15) is 17.5 Å². The molecule has 2 aromatic carbocycles. The van der Waals surface area contributed by atoms with Crippen LogP contribution in [0.5, 0.6) is 17.4 Å². The fourth-order valence-corrected chi connectivity index (χ4v) is 2.90. The molecule has 0 unspecified atom stereocenters. The van der Waals surface area contributed by atoms with E-state index in [9.17, 15) is 0 Å². The summed E-state index contributed by atoms with van der Waals surface area (Å²) in [5.74, 6) is 2.20. The van der Waals surface area contributed by atoms with Crippen LogP contribution in [0.15, 0.2) is 72.9 Å². The number of hydrogen-bond donors (Lipinski definition) is 1. The molecule has 3 rings (SSSR count). The number of hydrogen-bond acceptors (Lipinski definition) is 5. The van der Waals surface area contributed by atoms with Gasteiger partial charge in [-0.3, -0.25) is 0 Å². The molecular formula is C24H28N2O3. The SMILES string of the molecule is COc1cc(CNCCCOc2ccccn2)ccc1OCCc1ccccc1. The first kappa shape index (κ1) is 20.7. The van der Waals surface area contributed by atoms with Gasteiger partial charge in [0.1, 0.15) is 0 Å².